The van der Waals surface area contributed by atoms with Crippen molar-refractivity contribution in [3.63, 3.8) is 0 Å². The summed E-state index contributed by atoms with van der Waals surface area (Å²) in [5.74, 6) is 6.04. The maximum absolute atomic E-state index is 12.2. The van der Waals surface area contributed by atoms with Crippen LogP contribution in [0.15, 0.2) is 29.0 Å². The van der Waals surface area contributed by atoms with E-state index in [0.717, 1.165) is 12.1 Å². The van der Waals surface area contributed by atoms with Gasteiger partial charge in [0.25, 0.3) is 5.91 Å². The molecule has 4 N–H and O–H groups in total. The Hall–Kier alpha value is -1.92. The minimum atomic E-state index is -0.106. The van der Waals surface area contributed by atoms with Gasteiger partial charge in [-0.15, -0.1) is 0 Å². The second-order valence-corrected chi connectivity index (χ2v) is 5.88. The third-order valence-corrected chi connectivity index (χ3v) is 3.86. The Morgan fingerprint density at radius 3 is 2.86 bits per heavy atom. The Morgan fingerprint density at radius 1 is 1.43 bits per heavy atom. The third-order valence-electron chi connectivity index (χ3n) is 3.13. The predicted octanol–water partition coefficient (Wildman–Crippen LogP) is 2.52. The first kappa shape index (κ1) is 15.5. The second-order valence-electron chi connectivity index (χ2n) is 5.10. The van der Waals surface area contributed by atoms with Crippen molar-refractivity contribution in [1.82, 2.24) is 10.3 Å². The van der Waals surface area contributed by atoms with Crippen LogP contribution in [0.5, 0.6) is 0 Å². The number of hydrazine groups is 1. The lowest BCUT2D eigenvalue weighted by atomic mass is 10.1. The van der Waals surface area contributed by atoms with Crippen LogP contribution in [0.1, 0.15) is 41.4 Å². The largest absolute Gasteiger partial charge is 0.352 e. The van der Waals surface area contributed by atoms with Gasteiger partial charge in [0.2, 0.25) is 0 Å². The maximum Gasteiger partial charge on any atom is 0.251 e. The van der Waals surface area contributed by atoms with Gasteiger partial charge in [0.1, 0.15) is 5.82 Å². The standard InChI is InChI=1S/C15H20N4OS/c1-10(2)13-7-12(8-14(18-13)19-16)15(20)17-5-3-11-4-6-21-9-11/h4,6-10H,3,5,16H2,1-2H3,(H,17,20)(H,18,19). The summed E-state index contributed by atoms with van der Waals surface area (Å²) in [6, 6.07) is 5.54. The van der Waals surface area contributed by atoms with Gasteiger partial charge in [-0.25, -0.2) is 10.8 Å². The van der Waals surface area contributed by atoms with Crippen LogP contribution in [0, 0.1) is 0 Å². The summed E-state index contributed by atoms with van der Waals surface area (Å²) in [6.07, 6.45) is 0.833. The molecular formula is C15H20N4OS. The average Bonchev–Trinajstić information content (AvgIpc) is 2.99. The van der Waals surface area contributed by atoms with Gasteiger partial charge in [0.05, 0.1) is 0 Å². The minimum Gasteiger partial charge on any atom is -0.352 e. The summed E-state index contributed by atoms with van der Waals surface area (Å²) >= 11 is 1.66. The molecule has 2 aromatic rings. The highest BCUT2D eigenvalue weighted by molar-refractivity contribution is 7.07. The van der Waals surface area contributed by atoms with Crippen LogP contribution in [0.2, 0.25) is 0 Å². The Bertz CT molecular complexity index is 596. The number of anilines is 1. The van der Waals surface area contributed by atoms with E-state index in [1.165, 1.54) is 5.56 Å². The number of aromatic nitrogens is 1. The highest BCUT2D eigenvalue weighted by Gasteiger charge is 2.11. The van der Waals surface area contributed by atoms with E-state index < -0.39 is 0 Å². The molecular weight excluding hydrogens is 284 g/mol. The van der Waals surface area contributed by atoms with Crippen molar-refractivity contribution < 1.29 is 4.79 Å². The summed E-state index contributed by atoms with van der Waals surface area (Å²) in [5.41, 5.74) is 5.16. The molecule has 2 heterocycles. The number of carbonyl (C=O) groups excluding carboxylic acids is 1. The summed E-state index contributed by atoms with van der Waals surface area (Å²) in [7, 11) is 0. The number of carbonyl (C=O) groups is 1. The summed E-state index contributed by atoms with van der Waals surface area (Å²) in [6.45, 7) is 4.67. The van der Waals surface area contributed by atoms with Crippen LogP contribution in [-0.4, -0.2) is 17.4 Å². The molecule has 0 aliphatic rings. The lowest BCUT2D eigenvalue weighted by Crippen LogP contribution is -2.26. The van der Waals surface area contributed by atoms with Crippen molar-refractivity contribution >= 4 is 23.1 Å². The molecule has 2 aromatic heterocycles. The van der Waals surface area contributed by atoms with Crippen LogP contribution in [0.25, 0.3) is 0 Å². The lowest BCUT2D eigenvalue weighted by Gasteiger charge is -2.11. The van der Waals surface area contributed by atoms with Crippen molar-refractivity contribution in [2.45, 2.75) is 26.2 Å². The van der Waals surface area contributed by atoms with E-state index in [4.69, 9.17) is 5.84 Å². The fraction of sp³-hybridized carbons (Fsp3) is 0.333. The number of hydrogen-bond acceptors (Lipinski definition) is 5. The smallest absolute Gasteiger partial charge is 0.251 e. The van der Waals surface area contributed by atoms with Crippen LogP contribution in [0.3, 0.4) is 0 Å². The van der Waals surface area contributed by atoms with E-state index in [1.54, 1.807) is 17.4 Å². The van der Waals surface area contributed by atoms with Crippen molar-refractivity contribution in [3.8, 4) is 0 Å². The van der Waals surface area contributed by atoms with Crippen LogP contribution in [0.4, 0.5) is 5.82 Å². The molecule has 2 rings (SSSR count). The van der Waals surface area contributed by atoms with Crippen molar-refractivity contribution in [2.24, 2.45) is 5.84 Å². The number of nitrogen functional groups attached to an aromatic ring is 1. The Morgan fingerprint density at radius 2 is 2.24 bits per heavy atom. The zero-order chi connectivity index (χ0) is 15.2. The van der Waals surface area contributed by atoms with Gasteiger partial charge in [-0.05, 0) is 46.9 Å². The number of nitrogens with zero attached hydrogens (tertiary/aromatic N) is 1. The number of pyridine rings is 1. The summed E-state index contributed by atoms with van der Waals surface area (Å²) < 4.78 is 0. The zero-order valence-electron chi connectivity index (χ0n) is 12.2. The average molecular weight is 304 g/mol. The summed E-state index contributed by atoms with van der Waals surface area (Å²) in [5, 5.41) is 7.05. The molecule has 21 heavy (non-hydrogen) atoms. The summed E-state index contributed by atoms with van der Waals surface area (Å²) in [4.78, 5) is 16.6. The fourth-order valence-electron chi connectivity index (χ4n) is 1.91. The number of amides is 1. The molecule has 0 atom stereocenters. The minimum absolute atomic E-state index is 0.106. The lowest BCUT2D eigenvalue weighted by molar-refractivity contribution is 0.0954. The van der Waals surface area contributed by atoms with Crippen molar-refractivity contribution in [3.05, 3.63) is 45.8 Å². The number of nitrogens with two attached hydrogens (primary N) is 1. The molecule has 112 valence electrons. The van der Waals surface area contributed by atoms with E-state index in [0.29, 0.717) is 17.9 Å². The number of hydrogen-bond donors (Lipinski definition) is 3. The highest BCUT2D eigenvalue weighted by atomic mass is 32.1. The third kappa shape index (κ3) is 4.27. The van der Waals surface area contributed by atoms with Gasteiger partial charge in [0, 0.05) is 17.8 Å². The van der Waals surface area contributed by atoms with Gasteiger partial charge in [-0.1, -0.05) is 13.8 Å². The second kappa shape index (κ2) is 7.19. The topological polar surface area (TPSA) is 80.0 Å². The molecule has 0 unspecified atom stereocenters. The number of thiophene rings is 1. The molecule has 0 saturated carbocycles. The number of nitrogens with one attached hydrogen (secondary N) is 2. The predicted molar refractivity (Wildman–Crippen MR) is 86.5 cm³/mol. The van der Waals surface area contributed by atoms with Crippen molar-refractivity contribution in [1.29, 1.82) is 0 Å². The van der Waals surface area contributed by atoms with Gasteiger partial charge in [-0.2, -0.15) is 11.3 Å². The molecule has 0 saturated heterocycles. The maximum atomic E-state index is 12.2. The van der Waals surface area contributed by atoms with E-state index in [-0.39, 0.29) is 11.8 Å². The molecule has 1 amide bonds. The van der Waals surface area contributed by atoms with Crippen LogP contribution >= 0.6 is 11.3 Å². The molecule has 0 fully saturated rings. The molecule has 0 spiro atoms. The molecule has 0 radical (unpaired) electrons. The first-order chi connectivity index (χ1) is 10.1. The Kier molecular flexibility index (Phi) is 5.30. The molecule has 6 heteroatoms. The molecule has 0 aromatic carbocycles. The van der Waals surface area contributed by atoms with Crippen molar-refractivity contribution in [2.75, 3.05) is 12.0 Å². The van der Waals surface area contributed by atoms with Gasteiger partial charge in [0.15, 0.2) is 0 Å². The SMILES string of the molecule is CC(C)c1cc(C(=O)NCCc2ccsc2)cc(NN)n1. The molecule has 0 aliphatic heterocycles. The van der Waals surface area contributed by atoms with Gasteiger partial charge < -0.3 is 10.7 Å². The quantitative estimate of drug-likeness (QED) is 0.566. The van der Waals surface area contributed by atoms with Crippen LogP contribution in [-0.2, 0) is 6.42 Å². The van der Waals surface area contributed by atoms with Crippen LogP contribution < -0.4 is 16.6 Å². The Balaban J connectivity index is 2.02. The fourth-order valence-corrected chi connectivity index (χ4v) is 2.61. The Labute approximate surface area is 128 Å². The molecule has 0 bridgehead atoms. The first-order valence-electron chi connectivity index (χ1n) is 6.88. The zero-order valence-corrected chi connectivity index (χ0v) is 13.0. The van der Waals surface area contributed by atoms with Gasteiger partial charge >= 0.3 is 0 Å². The first-order valence-corrected chi connectivity index (χ1v) is 7.82. The van der Waals surface area contributed by atoms with E-state index in [9.17, 15) is 4.79 Å². The van der Waals surface area contributed by atoms with Gasteiger partial charge in [-0.3, -0.25) is 4.79 Å². The molecule has 5 nitrogen and oxygen atoms in total. The van der Waals surface area contributed by atoms with E-state index in [1.807, 2.05) is 25.3 Å². The normalized spacial score (nSPS) is 10.7. The molecule has 0 aliphatic carbocycles. The van der Waals surface area contributed by atoms with E-state index in [2.05, 4.69) is 27.2 Å². The highest BCUT2D eigenvalue weighted by Crippen LogP contribution is 2.17. The van der Waals surface area contributed by atoms with E-state index >= 15 is 0 Å². The number of rotatable bonds is 6. The monoisotopic (exact) mass is 304 g/mol.